The maximum atomic E-state index is 5.86. The zero-order valence-electron chi connectivity index (χ0n) is 12.5. The fourth-order valence-electron chi connectivity index (χ4n) is 2.12. The number of thioether (sulfide) groups is 1. The van der Waals surface area contributed by atoms with Crippen molar-refractivity contribution >= 4 is 34.1 Å². The van der Waals surface area contributed by atoms with Gasteiger partial charge in [0.15, 0.2) is 0 Å². The predicted octanol–water partition coefficient (Wildman–Crippen LogP) is 3.51. The summed E-state index contributed by atoms with van der Waals surface area (Å²) in [6, 6.07) is 7.66. The number of aliphatic imine (C=N–C) groups is 1. The Hall–Kier alpha value is -2.34. The average molecular weight is 311 g/mol. The molecular weight excluding hydrogens is 294 g/mol. The molecule has 0 saturated carbocycles. The summed E-state index contributed by atoms with van der Waals surface area (Å²) < 4.78 is 0. The standard InChI is InChI=1S/C16H17N5S/c1-10-5-12(17)7-13(6-10)20-16-18-4-3-14(21-16)15-19-8-11(2)9-22-15/h3-8H,9,17H2,1-2H3,(H,18,20,21). The Kier molecular flexibility index (Phi) is 4.11. The molecule has 0 unspecified atom stereocenters. The molecular formula is C16H17N5S. The number of aromatic nitrogens is 2. The third-order valence-electron chi connectivity index (χ3n) is 3.07. The molecule has 0 aliphatic carbocycles. The number of nitrogens with zero attached hydrogens (tertiary/aromatic N) is 3. The first kappa shape index (κ1) is 14.6. The third kappa shape index (κ3) is 3.46. The molecule has 1 aliphatic rings. The first-order valence-electron chi connectivity index (χ1n) is 6.94. The lowest BCUT2D eigenvalue weighted by Gasteiger charge is -2.11. The van der Waals surface area contributed by atoms with Crippen LogP contribution < -0.4 is 11.1 Å². The molecule has 2 aromatic rings. The van der Waals surface area contributed by atoms with E-state index in [1.807, 2.05) is 37.4 Å². The van der Waals surface area contributed by atoms with E-state index in [1.165, 1.54) is 5.57 Å². The summed E-state index contributed by atoms with van der Waals surface area (Å²) in [5, 5.41) is 4.11. The SMILES string of the molecule is CC1=CN=C(c2ccnc(Nc3cc(C)cc(N)c3)n2)SC1. The first-order chi connectivity index (χ1) is 10.6. The highest BCUT2D eigenvalue weighted by Gasteiger charge is 2.11. The third-order valence-corrected chi connectivity index (χ3v) is 4.26. The maximum Gasteiger partial charge on any atom is 0.227 e. The van der Waals surface area contributed by atoms with Gasteiger partial charge >= 0.3 is 0 Å². The summed E-state index contributed by atoms with van der Waals surface area (Å²) in [6.07, 6.45) is 3.63. The number of nitrogen functional groups attached to an aromatic ring is 1. The molecule has 0 amide bonds. The smallest absolute Gasteiger partial charge is 0.227 e. The fourth-order valence-corrected chi connectivity index (χ4v) is 2.95. The van der Waals surface area contributed by atoms with Gasteiger partial charge in [0.25, 0.3) is 0 Å². The summed E-state index contributed by atoms with van der Waals surface area (Å²) in [5.74, 6) is 1.48. The van der Waals surface area contributed by atoms with E-state index in [9.17, 15) is 0 Å². The summed E-state index contributed by atoms with van der Waals surface area (Å²) >= 11 is 1.69. The molecule has 0 atom stereocenters. The number of hydrogen-bond donors (Lipinski definition) is 2. The van der Waals surface area contributed by atoms with Gasteiger partial charge in [0.2, 0.25) is 5.95 Å². The minimum Gasteiger partial charge on any atom is -0.399 e. The summed E-state index contributed by atoms with van der Waals surface area (Å²) in [5.41, 5.74) is 10.6. The van der Waals surface area contributed by atoms with E-state index >= 15 is 0 Å². The molecule has 0 spiro atoms. The van der Waals surface area contributed by atoms with E-state index < -0.39 is 0 Å². The summed E-state index contributed by atoms with van der Waals surface area (Å²) in [4.78, 5) is 13.2. The van der Waals surface area contributed by atoms with Crippen LogP contribution in [0.15, 0.2) is 47.2 Å². The van der Waals surface area contributed by atoms with Gasteiger partial charge in [0.05, 0.1) is 0 Å². The molecule has 0 saturated heterocycles. The Morgan fingerprint density at radius 2 is 2.09 bits per heavy atom. The van der Waals surface area contributed by atoms with E-state index in [4.69, 9.17) is 5.73 Å². The zero-order valence-corrected chi connectivity index (χ0v) is 13.3. The van der Waals surface area contributed by atoms with Gasteiger partial charge in [-0.2, -0.15) is 0 Å². The Labute approximate surface area is 133 Å². The van der Waals surface area contributed by atoms with Crippen LogP contribution in [-0.2, 0) is 0 Å². The van der Waals surface area contributed by atoms with Gasteiger partial charge in [-0.25, -0.2) is 15.0 Å². The van der Waals surface area contributed by atoms with Crippen LogP contribution in [0.25, 0.3) is 0 Å². The molecule has 112 valence electrons. The number of rotatable bonds is 3. The highest BCUT2D eigenvalue weighted by atomic mass is 32.2. The Balaban J connectivity index is 1.85. The van der Waals surface area contributed by atoms with Crippen molar-refractivity contribution in [3.05, 3.63) is 53.5 Å². The molecule has 6 heteroatoms. The second kappa shape index (κ2) is 6.19. The van der Waals surface area contributed by atoms with Crippen molar-refractivity contribution in [2.45, 2.75) is 13.8 Å². The van der Waals surface area contributed by atoms with E-state index in [2.05, 4.69) is 27.2 Å². The molecule has 22 heavy (non-hydrogen) atoms. The number of aryl methyl sites for hydroxylation is 1. The van der Waals surface area contributed by atoms with Crippen LogP contribution in [0.1, 0.15) is 18.2 Å². The minimum absolute atomic E-state index is 0.539. The maximum absolute atomic E-state index is 5.86. The van der Waals surface area contributed by atoms with Crippen molar-refractivity contribution in [3.8, 4) is 0 Å². The zero-order chi connectivity index (χ0) is 15.5. The van der Waals surface area contributed by atoms with Crippen molar-refractivity contribution in [3.63, 3.8) is 0 Å². The lowest BCUT2D eigenvalue weighted by atomic mass is 10.2. The number of nitrogens with two attached hydrogens (primary N) is 1. The molecule has 5 nitrogen and oxygen atoms in total. The van der Waals surface area contributed by atoms with Gasteiger partial charge < -0.3 is 11.1 Å². The normalized spacial score (nSPS) is 14.3. The molecule has 3 rings (SSSR count). The van der Waals surface area contributed by atoms with Crippen LogP contribution in [0.4, 0.5) is 17.3 Å². The Morgan fingerprint density at radius 1 is 1.23 bits per heavy atom. The van der Waals surface area contributed by atoms with Crippen LogP contribution in [-0.4, -0.2) is 20.8 Å². The molecule has 3 N–H and O–H groups in total. The van der Waals surface area contributed by atoms with Gasteiger partial charge in [-0.15, -0.1) is 0 Å². The van der Waals surface area contributed by atoms with Gasteiger partial charge in [-0.1, -0.05) is 11.8 Å². The number of anilines is 3. The molecule has 1 aromatic carbocycles. The highest BCUT2D eigenvalue weighted by molar-refractivity contribution is 8.14. The van der Waals surface area contributed by atoms with E-state index in [0.717, 1.165) is 27.7 Å². The van der Waals surface area contributed by atoms with Crippen LogP contribution >= 0.6 is 11.8 Å². The molecule has 0 fully saturated rings. The van der Waals surface area contributed by atoms with Crippen molar-refractivity contribution in [2.24, 2.45) is 4.99 Å². The predicted molar refractivity (Wildman–Crippen MR) is 93.7 cm³/mol. The molecule has 0 radical (unpaired) electrons. The molecule has 1 aliphatic heterocycles. The van der Waals surface area contributed by atoms with Gasteiger partial charge in [-0.3, -0.25) is 0 Å². The van der Waals surface area contributed by atoms with Crippen LogP contribution in [0.5, 0.6) is 0 Å². The lowest BCUT2D eigenvalue weighted by molar-refractivity contribution is 1.15. The summed E-state index contributed by atoms with van der Waals surface area (Å²) in [6.45, 7) is 4.07. The number of benzene rings is 1. The van der Waals surface area contributed by atoms with Crippen LogP contribution in [0, 0.1) is 6.92 Å². The molecule has 0 bridgehead atoms. The van der Waals surface area contributed by atoms with Crippen molar-refractivity contribution in [2.75, 3.05) is 16.8 Å². The number of hydrogen-bond acceptors (Lipinski definition) is 6. The topological polar surface area (TPSA) is 76.2 Å². The van der Waals surface area contributed by atoms with Crippen LogP contribution in [0.2, 0.25) is 0 Å². The second-order valence-corrected chi connectivity index (χ2v) is 6.19. The van der Waals surface area contributed by atoms with E-state index in [0.29, 0.717) is 11.6 Å². The second-order valence-electron chi connectivity index (χ2n) is 5.22. The summed E-state index contributed by atoms with van der Waals surface area (Å²) in [7, 11) is 0. The van der Waals surface area contributed by atoms with Crippen molar-refractivity contribution in [1.29, 1.82) is 0 Å². The minimum atomic E-state index is 0.539. The van der Waals surface area contributed by atoms with Gasteiger partial charge in [-0.05, 0) is 49.2 Å². The van der Waals surface area contributed by atoms with E-state index in [-0.39, 0.29) is 0 Å². The fraction of sp³-hybridized carbons (Fsp3) is 0.188. The quantitative estimate of drug-likeness (QED) is 0.848. The first-order valence-corrected chi connectivity index (χ1v) is 7.92. The van der Waals surface area contributed by atoms with Gasteiger partial charge in [0.1, 0.15) is 10.7 Å². The largest absolute Gasteiger partial charge is 0.399 e. The lowest BCUT2D eigenvalue weighted by Crippen LogP contribution is -2.07. The molecule has 2 heterocycles. The average Bonchev–Trinajstić information content (AvgIpc) is 2.47. The van der Waals surface area contributed by atoms with E-state index in [1.54, 1.807) is 18.0 Å². The monoisotopic (exact) mass is 311 g/mol. The Bertz CT molecular complexity index is 747. The van der Waals surface area contributed by atoms with Crippen molar-refractivity contribution in [1.82, 2.24) is 9.97 Å². The Morgan fingerprint density at radius 3 is 2.82 bits per heavy atom. The highest BCUT2D eigenvalue weighted by Crippen LogP contribution is 2.22. The molecule has 1 aromatic heterocycles. The van der Waals surface area contributed by atoms with Crippen molar-refractivity contribution < 1.29 is 0 Å². The van der Waals surface area contributed by atoms with Gasteiger partial charge in [0, 0.05) is 29.5 Å². The number of nitrogens with one attached hydrogen (secondary N) is 1. The van der Waals surface area contributed by atoms with Crippen LogP contribution in [0.3, 0.4) is 0 Å².